The van der Waals surface area contributed by atoms with Crippen LogP contribution in [0.5, 0.6) is 5.75 Å². The molecule has 2 unspecified atom stereocenters. The van der Waals surface area contributed by atoms with Gasteiger partial charge in [0.2, 0.25) is 0 Å². The van der Waals surface area contributed by atoms with Gasteiger partial charge in [0, 0.05) is 42.3 Å². The molecule has 0 amide bonds. The lowest BCUT2D eigenvalue weighted by molar-refractivity contribution is -0.0498. The zero-order valence-electron chi connectivity index (χ0n) is 14.8. The normalized spacial score (nSPS) is 30.0. The van der Waals surface area contributed by atoms with Gasteiger partial charge in [0.25, 0.3) is 0 Å². The monoisotopic (exact) mass is 384 g/mol. The quantitative estimate of drug-likeness (QED) is 0.748. The molecule has 3 saturated heterocycles. The summed E-state index contributed by atoms with van der Waals surface area (Å²) in [7, 11) is 0. The van der Waals surface area contributed by atoms with Crippen molar-refractivity contribution in [1.82, 2.24) is 9.62 Å². The van der Waals surface area contributed by atoms with Gasteiger partial charge >= 0.3 is 6.61 Å². The van der Waals surface area contributed by atoms with E-state index < -0.39 is 6.61 Å². The number of ether oxygens (including phenoxy) is 2. The summed E-state index contributed by atoms with van der Waals surface area (Å²) in [5, 5.41) is 3.87. The molecule has 0 aromatic heterocycles. The molecule has 0 spiro atoms. The number of fused-ring (bicyclic) bond motifs is 2. The lowest BCUT2D eigenvalue weighted by Crippen LogP contribution is -2.50. The predicted molar refractivity (Wildman–Crippen MR) is 97.6 cm³/mol. The van der Waals surface area contributed by atoms with Crippen molar-refractivity contribution in [2.45, 2.75) is 74.2 Å². The highest BCUT2D eigenvalue weighted by Gasteiger charge is 2.41. The highest BCUT2D eigenvalue weighted by atomic mass is 32.2. The lowest BCUT2D eigenvalue weighted by Gasteiger charge is -2.40. The minimum absolute atomic E-state index is 0.215. The Hall–Kier alpha value is -0.890. The van der Waals surface area contributed by atoms with Crippen LogP contribution in [-0.2, 0) is 4.74 Å². The molecule has 3 aliphatic heterocycles. The van der Waals surface area contributed by atoms with Crippen LogP contribution in [0.25, 0.3) is 0 Å². The largest absolute Gasteiger partial charge is 0.435 e. The zero-order chi connectivity index (χ0) is 17.9. The van der Waals surface area contributed by atoms with E-state index in [1.165, 1.54) is 25.7 Å². The lowest BCUT2D eigenvalue weighted by atomic mass is 9.97. The summed E-state index contributed by atoms with van der Waals surface area (Å²) in [5.74, 6) is 0.215. The number of piperidine rings is 1. The maximum atomic E-state index is 12.3. The van der Waals surface area contributed by atoms with Gasteiger partial charge in [-0.1, -0.05) is 0 Å². The number of halogens is 2. The van der Waals surface area contributed by atoms with Crippen LogP contribution in [0, 0.1) is 0 Å². The van der Waals surface area contributed by atoms with Gasteiger partial charge in [-0.15, -0.1) is 0 Å². The van der Waals surface area contributed by atoms with E-state index in [2.05, 4.69) is 14.4 Å². The first-order valence-corrected chi connectivity index (χ1v) is 10.3. The molecule has 1 aromatic carbocycles. The van der Waals surface area contributed by atoms with Crippen molar-refractivity contribution in [1.29, 1.82) is 0 Å². The Bertz CT molecular complexity index is 569. The number of rotatable bonds is 6. The Balaban J connectivity index is 1.31. The standard InChI is InChI=1S/C19H26F2N2O2S/c20-19(21)25-17-3-5-18(6-4-17)26-23-15-1-2-16(23)12-14(11-15)22-13-7-9-24-10-8-13/h3-6,13-16,19,22H,1-2,7-12H2. The first kappa shape index (κ1) is 18.5. The molecule has 1 N–H and O–H groups in total. The van der Waals surface area contributed by atoms with Crippen LogP contribution in [0.15, 0.2) is 29.2 Å². The Morgan fingerprint density at radius 2 is 1.65 bits per heavy atom. The average molecular weight is 384 g/mol. The van der Waals surface area contributed by atoms with Crippen molar-refractivity contribution in [2.24, 2.45) is 0 Å². The summed E-state index contributed by atoms with van der Waals surface area (Å²) < 4.78 is 36.9. The van der Waals surface area contributed by atoms with E-state index in [4.69, 9.17) is 4.74 Å². The van der Waals surface area contributed by atoms with E-state index >= 15 is 0 Å². The third-order valence-corrected chi connectivity index (χ3v) is 6.91. The minimum Gasteiger partial charge on any atom is -0.435 e. The van der Waals surface area contributed by atoms with E-state index in [9.17, 15) is 8.78 Å². The molecule has 4 nitrogen and oxygen atoms in total. The molecule has 4 rings (SSSR count). The minimum atomic E-state index is -2.77. The summed E-state index contributed by atoms with van der Waals surface area (Å²) in [5.41, 5.74) is 0. The van der Waals surface area contributed by atoms with Crippen molar-refractivity contribution in [3.05, 3.63) is 24.3 Å². The number of nitrogens with one attached hydrogen (secondary N) is 1. The first-order chi connectivity index (χ1) is 12.7. The number of nitrogens with zero attached hydrogens (tertiary/aromatic N) is 1. The second-order valence-corrected chi connectivity index (χ2v) is 8.48. The third kappa shape index (κ3) is 4.50. The molecular formula is C19H26F2N2O2S. The molecule has 144 valence electrons. The molecule has 2 bridgehead atoms. The van der Waals surface area contributed by atoms with Crippen LogP contribution in [-0.4, -0.2) is 48.3 Å². The fourth-order valence-electron chi connectivity index (χ4n) is 4.42. The van der Waals surface area contributed by atoms with E-state index in [-0.39, 0.29) is 5.75 Å². The predicted octanol–water partition coefficient (Wildman–Crippen LogP) is 4.06. The molecule has 0 aliphatic carbocycles. The van der Waals surface area contributed by atoms with Crippen LogP contribution >= 0.6 is 11.9 Å². The first-order valence-electron chi connectivity index (χ1n) is 9.52. The molecule has 0 radical (unpaired) electrons. The maximum absolute atomic E-state index is 12.3. The fraction of sp³-hybridized carbons (Fsp3) is 0.684. The van der Waals surface area contributed by atoms with Gasteiger partial charge in [-0.05, 0) is 74.7 Å². The Labute approximate surface area is 157 Å². The highest BCUT2D eigenvalue weighted by molar-refractivity contribution is 7.97. The van der Waals surface area contributed by atoms with Crippen LogP contribution in [0.1, 0.15) is 38.5 Å². The number of alkyl halides is 2. The summed E-state index contributed by atoms with van der Waals surface area (Å²) in [6.07, 6.45) is 7.11. The maximum Gasteiger partial charge on any atom is 0.387 e. The summed E-state index contributed by atoms with van der Waals surface area (Å²) in [4.78, 5) is 1.08. The molecule has 1 aromatic rings. The van der Waals surface area contributed by atoms with Gasteiger partial charge in [0.15, 0.2) is 0 Å². The van der Waals surface area contributed by atoms with Crippen LogP contribution in [0.2, 0.25) is 0 Å². The third-order valence-electron chi connectivity index (χ3n) is 5.62. The molecule has 26 heavy (non-hydrogen) atoms. The van der Waals surface area contributed by atoms with E-state index in [1.54, 1.807) is 24.1 Å². The molecular weight excluding hydrogens is 358 g/mol. The van der Waals surface area contributed by atoms with Crippen LogP contribution in [0.3, 0.4) is 0 Å². The Morgan fingerprint density at radius 1 is 1.00 bits per heavy atom. The van der Waals surface area contributed by atoms with E-state index in [0.717, 1.165) is 31.0 Å². The molecule has 3 fully saturated rings. The smallest absolute Gasteiger partial charge is 0.387 e. The highest BCUT2D eigenvalue weighted by Crippen LogP contribution is 2.43. The second-order valence-electron chi connectivity index (χ2n) is 7.41. The van der Waals surface area contributed by atoms with Gasteiger partial charge in [0.05, 0.1) is 0 Å². The molecule has 3 aliphatic rings. The Morgan fingerprint density at radius 3 is 2.27 bits per heavy atom. The Kier molecular flexibility index (Phi) is 5.98. The van der Waals surface area contributed by atoms with Gasteiger partial charge in [0.1, 0.15) is 5.75 Å². The van der Waals surface area contributed by atoms with Crippen molar-refractivity contribution in [3.63, 3.8) is 0 Å². The van der Waals surface area contributed by atoms with Crippen molar-refractivity contribution in [2.75, 3.05) is 13.2 Å². The van der Waals surface area contributed by atoms with Crippen molar-refractivity contribution < 1.29 is 18.3 Å². The molecule has 0 saturated carbocycles. The number of hydrogen-bond acceptors (Lipinski definition) is 5. The van der Waals surface area contributed by atoms with Crippen molar-refractivity contribution >= 4 is 11.9 Å². The zero-order valence-corrected chi connectivity index (χ0v) is 15.6. The fourth-order valence-corrected chi connectivity index (χ4v) is 5.60. The topological polar surface area (TPSA) is 33.7 Å². The van der Waals surface area contributed by atoms with Crippen LogP contribution < -0.4 is 10.1 Å². The number of benzene rings is 1. The van der Waals surface area contributed by atoms with Gasteiger partial charge in [-0.25, -0.2) is 4.31 Å². The molecule has 7 heteroatoms. The van der Waals surface area contributed by atoms with Gasteiger partial charge < -0.3 is 14.8 Å². The molecule has 2 atom stereocenters. The van der Waals surface area contributed by atoms with Gasteiger partial charge in [-0.2, -0.15) is 8.78 Å². The number of hydrogen-bond donors (Lipinski definition) is 1. The SMILES string of the molecule is FC(F)Oc1ccc(SN2C3CCC2CC(NC2CCOCC2)C3)cc1. The van der Waals surface area contributed by atoms with Gasteiger partial charge in [-0.3, -0.25) is 0 Å². The summed E-state index contributed by atoms with van der Waals surface area (Å²) in [6, 6.07) is 9.37. The summed E-state index contributed by atoms with van der Waals surface area (Å²) >= 11 is 1.76. The van der Waals surface area contributed by atoms with E-state index in [0.29, 0.717) is 24.2 Å². The van der Waals surface area contributed by atoms with Crippen LogP contribution in [0.4, 0.5) is 8.78 Å². The van der Waals surface area contributed by atoms with E-state index in [1.807, 2.05) is 12.1 Å². The second kappa shape index (κ2) is 8.42. The summed E-state index contributed by atoms with van der Waals surface area (Å²) in [6.45, 7) is -1.01. The molecule has 3 heterocycles. The average Bonchev–Trinajstić information content (AvgIpc) is 2.86. The van der Waals surface area contributed by atoms with Crippen molar-refractivity contribution in [3.8, 4) is 5.75 Å².